The van der Waals surface area contributed by atoms with Crippen LogP contribution in [0.25, 0.3) is 78.1 Å². The van der Waals surface area contributed by atoms with Crippen LogP contribution in [0.2, 0.25) is 0 Å². The summed E-state index contributed by atoms with van der Waals surface area (Å²) in [5.74, 6) is 0.516. The van der Waals surface area contributed by atoms with Gasteiger partial charge < -0.3 is 9.32 Å². The van der Waals surface area contributed by atoms with Crippen molar-refractivity contribution >= 4 is 39.0 Å². The van der Waals surface area contributed by atoms with Gasteiger partial charge in [-0.2, -0.15) is 0 Å². The fourth-order valence-corrected chi connectivity index (χ4v) is 6.72. The van der Waals surface area contributed by atoms with Crippen molar-refractivity contribution in [2.75, 3.05) is 4.90 Å². The van der Waals surface area contributed by atoms with Crippen LogP contribution in [0.1, 0.15) is 19.2 Å². The predicted molar refractivity (Wildman–Crippen MR) is 231 cm³/mol. The number of anilines is 3. The van der Waals surface area contributed by atoms with E-state index >= 15 is 0 Å². The molecule has 10 rings (SSSR count). The molecule has 0 bridgehead atoms. The topological polar surface area (TPSA) is 42.2 Å². The van der Waals surface area contributed by atoms with Crippen molar-refractivity contribution in [1.82, 2.24) is 9.97 Å². The molecule has 0 N–H and O–H groups in total. The number of hydrogen-bond acceptors (Lipinski definition) is 4. The van der Waals surface area contributed by atoms with E-state index in [2.05, 4.69) is 0 Å². The molecule has 0 spiro atoms. The third-order valence-corrected chi connectivity index (χ3v) is 9.36. The van der Waals surface area contributed by atoms with E-state index in [9.17, 15) is 2.74 Å². The first-order valence-corrected chi connectivity index (χ1v) is 17.7. The van der Waals surface area contributed by atoms with Gasteiger partial charge in [-0.05, 0) is 82.8 Å². The monoisotopic (exact) mass is 731 g/mol. The Morgan fingerprint density at radius 2 is 1.00 bits per heavy atom. The molecule has 0 radical (unpaired) electrons. The highest BCUT2D eigenvalue weighted by molar-refractivity contribution is 6.12. The van der Waals surface area contributed by atoms with Crippen molar-refractivity contribution < 1.29 is 23.6 Å². The molecule has 0 unspecified atom stereocenters. The third kappa shape index (κ3) is 6.29. The molecule has 4 heteroatoms. The molecule has 0 saturated carbocycles. The van der Waals surface area contributed by atoms with Gasteiger partial charge in [0, 0.05) is 44.5 Å². The highest BCUT2D eigenvalue weighted by Crippen LogP contribution is 2.40. The molecule has 56 heavy (non-hydrogen) atoms. The lowest BCUT2D eigenvalue weighted by molar-refractivity contribution is 0.669. The van der Waals surface area contributed by atoms with Crippen molar-refractivity contribution in [2.24, 2.45) is 0 Å². The summed E-state index contributed by atoms with van der Waals surface area (Å²) in [6.45, 7) is 0. The van der Waals surface area contributed by atoms with E-state index in [0.717, 1.165) is 49.3 Å². The molecule has 10 aromatic rings. The maximum Gasteiger partial charge on any atom is 0.161 e. The minimum absolute atomic E-state index is 0.0979. The molecule has 0 amide bonds. The van der Waals surface area contributed by atoms with Crippen LogP contribution >= 0.6 is 0 Å². The Morgan fingerprint density at radius 3 is 1.66 bits per heavy atom. The molecular formula is C52H35N3O. The Balaban J connectivity index is 1.10. The van der Waals surface area contributed by atoms with Gasteiger partial charge in [0.15, 0.2) is 5.82 Å². The second kappa shape index (κ2) is 14.3. The summed E-state index contributed by atoms with van der Waals surface area (Å²) < 4.78 is 128. The summed E-state index contributed by atoms with van der Waals surface area (Å²) in [6.07, 6.45) is 0. The SMILES string of the molecule is [2H]c1c([2H])c([2H])c(-c2c([2H])c([2H])c(N(c3ccc(-c4ccc5c(c4)oc4cccc(-c6nc(-c7ccccc7)cc(-c7ccccc7)n6)c45)cc3)c3c([2H])c([2H])c([2H])c([2H])c3[2H])c([2H])c2[2H])c([2H])c1[2H]. The second-order valence-electron chi connectivity index (χ2n) is 12.8. The zero-order valence-corrected chi connectivity index (χ0v) is 29.4. The maximum atomic E-state index is 9.25. The fraction of sp³-hybridized carbons (Fsp3) is 0. The fourth-order valence-electron chi connectivity index (χ4n) is 6.72. The van der Waals surface area contributed by atoms with Gasteiger partial charge in [-0.3, -0.25) is 0 Å². The molecular weight excluding hydrogens is 683 g/mol. The molecule has 4 nitrogen and oxygen atoms in total. The van der Waals surface area contributed by atoms with Crippen molar-refractivity contribution in [1.29, 1.82) is 0 Å². The van der Waals surface area contributed by atoms with E-state index in [0.29, 0.717) is 22.6 Å². The smallest absolute Gasteiger partial charge is 0.161 e. The van der Waals surface area contributed by atoms with E-state index in [-0.39, 0.29) is 5.69 Å². The summed E-state index contributed by atoms with van der Waals surface area (Å²) in [7, 11) is 0. The molecule has 0 aliphatic rings. The van der Waals surface area contributed by atoms with Crippen molar-refractivity contribution in [3.63, 3.8) is 0 Å². The number of fused-ring (bicyclic) bond motifs is 3. The number of benzene rings is 8. The summed E-state index contributed by atoms with van der Waals surface area (Å²) in [5.41, 5.74) is 4.73. The molecule has 0 fully saturated rings. The molecule has 0 atom stereocenters. The normalized spacial score (nSPS) is 14.7. The standard InChI is InChI=1S/C52H35N3O/c1-5-14-36(15-6-1)37-24-29-43(30-25-37)55(42-20-11-4-12-21-42)44-31-26-38(27-32-44)41-28-33-45-50(34-41)56-49-23-13-22-46(51(45)49)52-53-47(39-16-7-2-8-17-39)35-48(54-52)40-18-9-3-10-19-40/h1-35H/i1D,4D,5D,6D,11D,12D,14D,15D,20D,21D,24D,25D,29D,30D. The lowest BCUT2D eigenvalue weighted by atomic mass is 10.0. The number of nitrogens with zero attached hydrogens (tertiary/aromatic N) is 3. The summed E-state index contributed by atoms with van der Waals surface area (Å²) in [5, 5.41) is 1.62. The lowest BCUT2D eigenvalue weighted by Crippen LogP contribution is -2.09. The molecule has 0 aliphatic carbocycles. The first-order chi connectivity index (χ1) is 33.6. The highest BCUT2D eigenvalue weighted by atomic mass is 16.3. The van der Waals surface area contributed by atoms with Crippen LogP contribution in [0.4, 0.5) is 17.1 Å². The van der Waals surface area contributed by atoms with Gasteiger partial charge in [0.25, 0.3) is 0 Å². The van der Waals surface area contributed by atoms with Crippen molar-refractivity contribution in [2.45, 2.75) is 0 Å². The Kier molecular flexibility index (Phi) is 5.47. The first kappa shape index (κ1) is 21.4. The van der Waals surface area contributed by atoms with Crippen LogP contribution < -0.4 is 4.90 Å². The van der Waals surface area contributed by atoms with E-state index in [4.69, 9.17) is 30.8 Å². The summed E-state index contributed by atoms with van der Waals surface area (Å²) in [4.78, 5) is 11.2. The van der Waals surface area contributed by atoms with Crippen LogP contribution in [0.5, 0.6) is 0 Å². The summed E-state index contributed by atoms with van der Waals surface area (Å²) in [6, 6.07) is 29.5. The van der Waals surface area contributed by atoms with Gasteiger partial charge in [0.2, 0.25) is 0 Å². The molecule has 8 aromatic carbocycles. The van der Waals surface area contributed by atoms with Gasteiger partial charge in [-0.15, -0.1) is 0 Å². The highest BCUT2D eigenvalue weighted by Gasteiger charge is 2.18. The Labute approximate surface area is 345 Å². The minimum atomic E-state index is -0.780. The Bertz CT molecular complexity index is 3630. The van der Waals surface area contributed by atoms with E-state index in [1.807, 2.05) is 103 Å². The average molecular weight is 732 g/mol. The van der Waals surface area contributed by atoms with E-state index < -0.39 is 107 Å². The van der Waals surface area contributed by atoms with Crippen LogP contribution in [0, 0.1) is 0 Å². The maximum absolute atomic E-state index is 9.25. The van der Waals surface area contributed by atoms with Crippen molar-refractivity contribution in [3.8, 4) is 56.2 Å². The van der Waals surface area contributed by atoms with Gasteiger partial charge >= 0.3 is 0 Å². The largest absolute Gasteiger partial charge is 0.456 e. The zero-order chi connectivity index (χ0) is 49.4. The molecule has 264 valence electrons. The van der Waals surface area contributed by atoms with Crippen LogP contribution in [0.3, 0.4) is 0 Å². The quantitative estimate of drug-likeness (QED) is 0.156. The van der Waals surface area contributed by atoms with E-state index in [1.54, 1.807) is 24.3 Å². The number of para-hydroxylation sites is 1. The number of hydrogen-bond donors (Lipinski definition) is 0. The van der Waals surface area contributed by atoms with E-state index in [1.165, 1.54) is 0 Å². The zero-order valence-electron chi connectivity index (χ0n) is 43.4. The van der Waals surface area contributed by atoms with Crippen molar-refractivity contribution in [3.05, 3.63) is 212 Å². The number of furan rings is 1. The molecule has 2 aromatic heterocycles. The molecule has 0 aliphatic heterocycles. The number of rotatable bonds is 8. The Hall–Kier alpha value is -7.56. The van der Waals surface area contributed by atoms with Crippen LogP contribution in [0.15, 0.2) is 216 Å². The average Bonchev–Trinajstić information content (AvgIpc) is 3.77. The molecule has 0 saturated heterocycles. The first-order valence-electron chi connectivity index (χ1n) is 24.7. The third-order valence-electron chi connectivity index (χ3n) is 9.36. The summed E-state index contributed by atoms with van der Waals surface area (Å²) >= 11 is 0. The van der Waals surface area contributed by atoms with Crippen LogP contribution in [-0.2, 0) is 0 Å². The van der Waals surface area contributed by atoms with Crippen LogP contribution in [-0.4, -0.2) is 9.97 Å². The predicted octanol–water partition coefficient (Wildman–Crippen LogP) is 14.2. The second-order valence-corrected chi connectivity index (χ2v) is 12.8. The van der Waals surface area contributed by atoms with Gasteiger partial charge in [-0.1, -0.05) is 151 Å². The van der Waals surface area contributed by atoms with Gasteiger partial charge in [0.1, 0.15) is 11.2 Å². The Morgan fingerprint density at radius 1 is 0.411 bits per heavy atom. The minimum Gasteiger partial charge on any atom is -0.456 e. The van der Waals surface area contributed by atoms with Gasteiger partial charge in [0.05, 0.1) is 30.6 Å². The lowest BCUT2D eigenvalue weighted by Gasteiger charge is -2.26. The van der Waals surface area contributed by atoms with Gasteiger partial charge in [-0.25, -0.2) is 9.97 Å². The molecule has 2 heterocycles. The number of aromatic nitrogens is 2.